The lowest BCUT2D eigenvalue weighted by Gasteiger charge is -2.34. The minimum Gasteiger partial charge on any atom is -0.336 e. The predicted octanol–water partition coefficient (Wildman–Crippen LogP) is 2.63. The third-order valence-corrected chi connectivity index (χ3v) is 4.65. The molecule has 1 amide bonds. The van der Waals surface area contributed by atoms with Crippen LogP contribution < -0.4 is 5.73 Å². The van der Waals surface area contributed by atoms with Crippen LogP contribution in [0.1, 0.15) is 47.3 Å². The van der Waals surface area contributed by atoms with Crippen LogP contribution in [-0.4, -0.2) is 29.9 Å². The SMILES string of the molecule is CCC(C)(C)N(C)C(=O)c1cc(C)c(C#CCN)s1. The fourth-order valence-electron chi connectivity index (χ4n) is 1.52. The molecule has 4 heteroatoms. The Bertz CT molecular complexity index is 520. The topological polar surface area (TPSA) is 46.3 Å². The molecule has 19 heavy (non-hydrogen) atoms. The zero-order chi connectivity index (χ0) is 14.6. The van der Waals surface area contributed by atoms with Crippen molar-refractivity contribution in [2.24, 2.45) is 5.73 Å². The predicted molar refractivity (Wildman–Crippen MR) is 81.5 cm³/mol. The molecule has 0 fully saturated rings. The molecule has 0 radical (unpaired) electrons. The summed E-state index contributed by atoms with van der Waals surface area (Å²) in [7, 11) is 1.85. The lowest BCUT2D eigenvalue weighted by Crippen LogP contribution is -2.44. The minimum absolute atomic E-state index is 0.0562. The zero-order valence-electron chi connectivity index (χ0n) is 12.3. The third-order valence-electron chi connectivity index (χ3n) is 3.51. The molecule has 1 aromatic rings. The average molecular weight is 278 g/mol. The van der Waals surface area contributed by atoms with Crippen molar-refractivity contribution in [2.75, 3.05) is 13.6 Å². The molecule has 0 saturated carbocycles. The Morgan fingerprint density at radius 1 is 1.53 bits per heavy atom. The fourth-order valence-corrected chi connectivity index (χ4v) is 2.54. The quantitative estimate of drug-likeness (QED) is 0.864. The molecule has 0 aliphatic carbocycles. The molecule has 104 valence electrons. The van der Waals surface area contributed by atoms with Crippen LogP contribution in [0.3, 0.4) is 0 Å². The standard InChI is InChI=1S/C15H22N2OS/c1-6-15(3,4)17(5)14(18)13-10-11(2)12(19-13)8-7-9-16/h10H,6,9,16H2,1-5H3. The van der Waals surface area contributed by atoms with Gasteiger partial charge >= 0.3 is 0 Å². The van der Waals surface area contributed by atoms with E-state index in [4.69, 9.17) is 5.73 Å². The number of aryl methyl sites for hydroxylation is 1. The van der Waals surface area contributed by atoms with Crippen LogP contribution in [0.15, 0.2) is 6.07 Å². The molecule has 1 rings (SSSR count). The second-order valence-corrected chi connectivity index (χ2v) is 6.21. The van der Waals surface area contributed by atoms with Crippen molar-refractivity contribution in [3.05, 3.63) is 21.4 Å². The van der Waals surface area contributed by atoms with Crippen LogP contribution >= 0.6 is 11.3 Å². The Labute approximate surface area is 119 Å². The van der Waals surface area contributed by atoms with E-state index in [0.29, 0.717) is 6.54 Å². The minimum atomic E-state index is -0.141. The Balaban J connectivity index is 3.02. The molecule has 3 nitrogen and oxygen atoms in total. The van der Waals surface area contributed by atoms with Crippen molar-refractivity contribution >= 4 is 17.2 Å². The summed E-state index contributed by atoms with van der Waals surface area (Å²) in [5.41, 5.74) is 6.27. The van der Waals surface area contributed by atoms with Gasteiger partial charge in [-0.25, -0.2) is 0 Å². The molecule has 0 unspecified atom stereocenters. The second-order valence-electron chi connectivity index (χ2n) is 5.16. The van der Waals surface area contributed by atoms with Gasteiger partial charge in [0.15, 0.2) is 0 Å². The summed E-state index contributed by atoms with van der Waals surface area (Å²) in [4.78, 5) is 15.9. The van der Waals surface area contributed by atoms with E-state index < -0.39 is 0 Å². The summed E-state index contributed by atoms with van der Waals surface area (Å²) in [5.74, 6) is 5.90. The van der Waals surface area contributed by atoms with E-state index in [2.05, 4.69) is 32.6 Å². The summed E-state index contributed by atoms with van der Waals surface area (Å²) in [6.45, 7) is 8.53. The second kappa shape index (κ2) is 6.23. The van der Waals surface area contributed by atoms with Gasteiger partial charge < -0.3 is 10.6 Å². The number of thiophene rings is 1. The highest BCUT2D eigenvalue weighted by Gasteiger charge is 2.27. The zero-order valence-corrected chi connectivity index (χ0v) is 13.1. The van der Waals surface area contributed by atoms with Gasteiger partial charge in [-0.05, 0) is 38.8 Å². The van der Waals surface area contributed by atoms with Crippen molar-refractivity contribution in [1.82, 2.24) is 4.90 Å². The van der Waals surface area contributed by atoms with Crippen LogP contribution in [-0.2, 0) is 0 Å². The largest absolute Gasteiger partial charge is 0.336 e. The van der Waals surface area contributed by atoms with Crippen LogP contribution in [0.5, 0.6) is 0 Å². The van der Waals surface area contributed by atoms with Crippen LogP contribution in [0.2, 0.25) is 0 Å². The lowest BCUT2D eigenvalue weighted by atomic mass is 10.00. The van der Waals surface area contributed by atoms with E-state index in [1.807, 2.05) is 20.0 Å². The Morgan fingerprint density at radius 2 is 2.16 bits per heavy atom. The average Bonchev–Trinajstić information content (AvgIpc) is 2.75. The fraction of sp³-hybridized carbons (Fsp3) is 0.533. The van der Waals surface area contributed by atoms with Crippen molar-refractivity contribution in [3.63, 3.8) is 0 Å². The van der Waals surface area contributed by atoms with Gasteiger partial charge in [-0.3, -0.25) is 4.79 Å². The monoisotopic (exact) mass is 278 g/mol. The molecule has 2 N–H and O–H groups in total. The molecule has 0 aliphatic heterocycles. The smallest absolute Gasteiger partial charge is 0.264 e. The van der Waals surface area contributed by atoms with E-state index >= 15 is 0 Å². The number of carbonyl (C=O) groups is 1. The van der Waals surface area contributed by atoms with E-state index in [0.717, 1.165) is 21.7 Å². The molecule has 0 aliphatic rings. The summed E-state index contributed by atoms with van der Waals surface area (Å²) in [6.07, 6.45) is 0.916. The van der Waals surface area contributed by atoms with Crippen molar-refractivity contribution in [3.8, 4) is 11.8 Å². The van der Waals surface area contributed by atoms with Crippen LogP contribution in [0.4, 0.5) is 0 Å². The van der Waals surface area contributed by atoms with Gasteiger partial charge in [-0.15, -0.1) is 11.3 Å². The van der Waals surface area contributed by atoms with Gasteiger partial charge in [0.05, 0.1) is 16.3 Å². The highest BCUT2D eigenvalue weighted by atomic mass is 32.1. The highest BCUT2D eigenvalue weighted by Crippen LogP contribution is 2.25. The van der Waals surface area contributed by atoms with E-state index in [-0.39, 0.29) is 11.4 Å². The van der Waals surface area contributed by atoms with Gasteiger partial charge in [0, 0.05) is 12.6 Å². The number of carbonyl (C=O) groups excluding carboxylic acids is 1. The molecule has 0 aromatic carbocycles. The van der Waals surface area contributed by atoms with Crippen molar-refractivity contribution in [2.45, 2.75) is 39.7 Å². The number of nitrogens with zero attached hydrogens (tertiary/aromatic N) is 1. The number of rotatable bonds is 3. The van der Waals surface area contributed by atoms with Crippen molar-refractivity contribution in [1.29, 1.82) is 0 Å². The number of hydrogen-bond acceptors (Lipinski definition) is 3. The first kappa shape index (κ1) is 15.7. The Hall–Kier alpha value is -1.31. The first-order valence-electron chi connectivity index (χ1n) is 6.41. The summed E-state index contributed by atoms with van der Waals surface area (Å²) in [6, 6.07) is 1.91. The number of nitrogens with two attached hydrogens (primary N) is 1. The maximum absolute atomic E-state index is 12.5. The first-order valence-corrected chi connectivity index (χ1v) is 7.22. The van der Waals surface area contributed by atoms with Gasteiger partial charge in [-0.1, -0.05) is 18.8 Å². The van der Waals surface area contributed by atoms with Crippen molar-refractivity contribution < 1.29 is 4.79 Å². The van der Waals surface area contributed by atoms with Crippen LogP contribution in [0, 0.1) is 18.8 Å². The number of hydrogen-bond donors (Lipinski definition) is 1. The lowest BCUT2D eigenvalue weighted by molar-refractivity contribution is 0.0625. The van der Waals surface area contributed by atoms with E-state index in [1.165, 1.54) is 11.3 Å². The molecule has 1 heterocycles. The molecular weight excluding hydrogens is 256 g/mol. The maximum atomic E-state index is 12.5. The summed E-state index contributed by atoms with van der Waals surface area (Å²) < 4.78 is 0. The highest BCUT2D eigenvalue weighted by molar-refractivity contribution is 7.14. The van der Waals surface area contributed by atoms with Crippen LogP contribution in [0.25, 0.3) is 0 Å². The maximum Gasteiger partial charge on any atom is 0.264 e. The number of amides is 1. The molecule has 0 spiro atoms. The Morgan fingerprint density at radius 3 is 2.68 bits per heavy atom. The normalized spacial score (nSPS) is 10.8. The Kier molecular flexibility index (Phi) is 5.16. The van der Waals surface area contributed by atoms with Gasteiger partial charge in [0.1, 0.15) is 0 Å². The molecule has 0 bridgehead atoms. The van der Waals surface area contributed by atoms with E-state index in [9.17, 15) is 4.79 Å². The first-order chi connectivity index (χ1) is 8.83. The molecule has 1 aromatic heterocycles. The van der Waals surface area contributed by atoms with Gasteiger partial charge in [0.2, 0.25) is 0 Å². The molecular formula is C15H22N2OS. The third kappa shape index (κ3) is 3.59. The summed E-state index contributed by atoms with van der Waals surface area (Å²) >= 11 is 1.44. The van der Waals surface area contributed by atoms with Gasteiger partial charge in [0.25, 0.3) is 5.91 Å². The molecule has 0 atom stereocenters. The molecule has 0 saturated heterocycles. The van der Waals surface area contributed by atoms with Gasteiger partial charge in [-0.2, -0.15) is 0 Å². The summed E-state index contributed by atoms with van der Waals surface area (Å²) in [5, 5.41) is 0. The van der Waals surface area contributed by atoms with E-state index in [1.54, 1.807) is 4.90 Å².